The normalized spacial score (nSPS) is 10.2. The van der Waals surface area contributed by atoms with E-state index in [1.807, 2.05) is 67.3 Å². The Morgan fingerprint density at radius 1 is 1.19 bits per heavy atom. The average molecular weight is 283 g/mol. The first-order valence-corrected chi connectivity index (χ1v) is 7.05. The predicted molar refractivity (Wildman–Crippen MR) is 88.6 cm³/mol. The van der Waals surface area contributed by atoms with Gasteiger partial charge in [0.2, 0.25) is 5.91 Å². The number of anilines is 3. The van der Waals surface area contributed by atoms with Crippen molar-refractivity contribution in [1.29, 1.82) is 0 Å². The number of benzene rings is 2. The lowest BCUT2D eigenvalue weighted by Gasteiger charge is -2.22. The number of carbonyl (C=O) groups is 1. The van der Waals surface area contributed by atoms with E-state index in [1.165, 1.54) is 0 Å². The molecule has 2 aromatic rings. The zero-order valence-corrected chi connectivity index (χ0v) is 12.5. The molecule has 0 spiro atoms. The Morgan fingerprint density at radius 2 is 1.95 bits per heavy atom. The van der Waals surface area contributed by atoms with Gasteiger partial charge in [-0.3, -0.25) is 4.79 Å². The minimum atomic E-state index is -0.0372. The number of likely N-dealkylation sites (N-methyl/N-ethyl adjacent to an activating group) is 1. The van der Waals surface area contributed by atoms with Crippen molar-refractivity contribution in [2.24, 2.45) is 0 Å². The number of hydrogen-bond donors (Lipinski definition) is 2. The van der Waals surface area contributed by atoms with Crippen molar-refractivity contribution in [2.75, 3.05) is 29.0 Å². The highest BCUT2D eigenvalue weighted by molar-refractivity contribution is 5.94. The zero-order valence-electron chi connectivity index (χ0n) is 12.5. The number of nitrogens with one attached hydrogen (secondary N) is 1. The fourth-order valence-electron chi connectivity index (χ4n) is 2.20. The van der Waals surface area contributed by atoms with Gasteiger partial charge in [-0.1, -0.05) is 18.2 Å². The van der Waals surface area contributed by atoms with Gasteiger partial charge in [-0.15, -0.1) is 0 Å². The van der Waals surface area contributed by atoms with E-state index in [-0.39, 0.29) is 5.91 Å². The van der Waals surface area contributed by atoms with Crippen molar-refractivity contribution in [1.82, 2.24) is 0 Å². The molecular formula is C17H21N3O. The summed E-state index contributed by atoms with van der Waals surface area (Å²) in [5.74, 6) is -0.0372. The molecule has 0 saturated carbocycles. The molecule has 0 atom stereocenters. The monoisotopic (exact) mass is 283 g/mol. The van der Waals surface area contributed by atoms with Crippen LogP contribution in [0.5, 0.6) is 0 Å². The summed E-state index contributed by atoms with van der Waals surface area (Å²) in [6, 6.07) is 15.3. The highest BCUT2D eigenvalue weighted by atomic mass is 16.2. The first-order valence-electron chi connectivity index (χ1n) is 7.05. The molecule has 0 aromatic heterocycles. The van der Waals surface area contributed by atoms with Gasteiger partial charge < -0.3 is 16.0 Å². The summed E-state index contributed by atoms with van der Waals surface area (Å²) in [5.41, 5.74) is 9.39. The van der Waals surface area contributed by atoms with Gasteiger partial charge in [0.15, 0.2) is 0 Å². The van der Waals surface area contributed by atoms with Crippen LogP contribution in [0.3, 0.4) is 0 Å². The largest absolute Gasteiger partial charge is 0.399 e. The molecule has 2 rings (SSSR count). The molecule has 0 unspecified atom stereocenters. The fraction of sp³-hybridized carbons (Fsp3) is 0.235. The predicted octanol–water partition coefficient (Wildman–Crippen LogP) is 3.04. The van der Waals surface area contributed by atoms with Crippen molar-refractivity contribution in [2.45, 2.75) is 13.8 Å². The van der Waals surface area contributed by atoms with Crippen LogP contribution in [-0.4, -0.2) is 19.0 Å². The van der Waals surface area contributed by atoms with Gasteiger partial charge in [0.05, 0.1) is 6.54 Å². The third-order valence-corrected chi connectivity index (χ3v) is 3.25. The maximum atomic E-state index is 12.2. The molecule has 0 radical (unpaired) electrons. The molecule has 0 aliphatic rings. The van der Waals surface area contributed by atoms with E-state index in [0.717, 1.165) is 23.5 Å². The van der Waals surface area contributed by atoms with E-state index in [4.69, 9.17) is 5.73 Å². The molecule has 0 fully saturated rings. The molecule has 2 aromatic carbocycles. The van der Waals surface area contributed by atoms with E-state index in [1.54, 1.807) is 0 Å². The van der Waals surface area contributed by atoms with Gasteiger partial charge in [0, 0.05) is 23.6 Å². The maximum absolute atomic E-state index is 12.2. The van der Waals surface area contributed by atoms with Gasteiger partial charge in [-0.25, -0.2) is 0 Å². The number of nitrogen functional groups attached to an aromatic ring is 1. The van der Waals surface area contributed by atoms with Crippen molar-refractivity contribution < 1.29 is 4.79 Å². The summed E-state index contributed by atoms with van der Waals surface area (Å²) in [6.07, 6.45) is 0. The Balaban J connectivity index is 2.03. The summed E-state index contributed by atoms with van der Waals surface area (Å²) in [7, 11) is 0. The molecule has 110 valence electrons. The van der Waals surface area contributed by atoms with Gasteiger partial charge in [0.1, 0.15) is 0 Å². The van der Waals surface area contributed by atoms with Crippen molar-refractivity contribution in [3.8, 4) is 0 Å². The average Bonchev–Trinajstić information content (AvgIpc) is 2.44. The first kappa shape index (κ1) is 14.9. The first-order chi connectivity index (χ1) is 10.1. The Bertz CT molecular complexity index is 625. The summed E-state index contributed by atoms with van der Waals surface area (Å²) >= 11 is 0. The van der Waals surface area contributed by atoms with Crippen LogP contribution in [0.15, 0.2) is 48.5 Å². The SMILES string of the molecule is CCN(CC(=O)Nc1cccc(C)c1)c1cccc(N)c1. The minimum Gasteiger partial charge on any atom is -0.399 e. The molecule has 0 aliphatic carbocycles. The van der Waals surface area contributed by atoms with Crippen molar-refractivity contribution >= 4 is 23.0 Å². The van der Waals surface area contributed by atoms with Crippen LogP contribution >= 0.6 is 0 Å². The number of rotatable bonds is 5. The van der Waals surface area contributed by atoms with Crippen LogP contribution in [0, 0.1) is 6.92 Å². The second-order valence-corrected chi connectivity index (χ2v) is 5.03. The number of nitrogens with two attached hydrogens (primary N) is 1. The fourth-order valence-corrected chi connectivity index (χ4v) is 2.20. The minimum absolute atomic E-state index is 0.0372. The Morgan fingerprint density at radius 3 is 2.62 bits per heavy atom. The van der Waals surface area contributed by atoms with Crippen LogP contribution in [0.25, 0.3) is 0 Å². The molecule has 21 heavy (non-hydrogen) atoms. The smallest absolute Gasteiger partial charge is 0.243 e. The van der Waals surface area contributed by atoms with Gasteiger partial charge in [-0.2, -0.15) is 0 Å². The van der Waals surface area contributed by atoms with Crippen molar-refractivity contribution in [3.63, 3.8) is 0 Å². The molecular weight excluding hydrogens is 262 g/mol. The Hall–Kier alpha value is -2.49. The second-order valence-electron chi connectivity index (χ2n) is 5.03. The van der Waals surface area contributed by atoms with Crippen LogP contribution in [0.1, 0.15) is 12.5 Å². The summed E-state index contributed by atoms with van der Waals surface area (Å²) in [4.78, 5) is 14.2. The van der Waals surface area contributed by atoms with Crippen LogP contribution in [0.2, 0.25) is 0 Å². The molecule has 0 saturated heterocycles. The highest BCUT2D eigenvalue weighted by Crippen LogP contribution is 2.17. The van der Waals surface area contributed by atoms with Gasteiger partial charge in [0.25, 0.3) is 0 Å². The van der Waals surface area contributed by atoms with Gasteiger partial charge >= 0.3 is 0 Å². The van der Waals surface area contributed by atoms with Crippen LogP contribution < -0.4 is 16.0 Å². The van der Waals surface area contributed by atoms with E-state index in [0.29, 0.717) is 12.2 Å². The van der Waals surface area contributed by atoms with Crippen molar-refractivity contribution in [3.05, 3.63) is 54.1 Å². The van der Waals surface area contributed by atoms with E-state index in [9.17, 15) is 4.79 Å². The molecule has 3 N–H and O–H groups in total. The summed E-state index contributed by atoms with van der Waals surface area (Å²) in [5, 5.41) is 2.92. The Labute approximate surface area is 125 Å². The number of carbonyl (C=O) groups excluding carboxylic acids is 1. The van der Waals surface area contributed by atoms with E-state index in [2.05, 4.69) is 5.32 Å². The van der Waals surface area contributed by atoms with Crippen LogP contribution in [0.4, 0.5) is 17.1 Å². The van der Waals surface area contributed by atoms with Crippen LogP contribution in [-0.2, 0) is 4.79 Å². The van der Waals surface area contributed by atoms with Gasteiger partial charge in [-0.05, 0) is 49.7 Å². The molecule has 0 bridgehead atoms. The topological polar surface area (TPSA) is 58.4 Å². The zero-order chi connectivity index (χ0) is 15.2. The quantitative estimate of drug-likeness (QED) is 0.829. The third-order valence-electron chi connectivity index (χ3n) is 3.25. The third kappa shape index (κ3) is 4.24. The maximum Gasteiger partial charge on any atom is 0.243 e. The lowest BCUT2D eigenvalue weighted by molar-refractivity contribution is -0.115. The lowest BCUT2D eigenvalue weighted by atomic mass is 10.2. The molecule has 0 heterocycles. The second kappa shape index (κ2) is 6.79. The molecule has 1 amide bonds. The molecule has 4 nitrogen and oxygen atoms in total. The number of nitrogens with zero attached hydrogens (tertiary/aromatic N) is 1. The highest BCUT2D eigenvalue weighted by Gasteiger charge is 2.10. The Kier molecular flexibility index (Phi) is 4.82. The summed E-state index contributed by atoms with van der Waals surface area (Å²) in [6.45, 7) is 5.06. The lowest BCUT2D eigenvalue weighted by Crippen LogP contribution is -2.33. The van der Waals surface area contributed by atoms with E-state index < -0.39 is 0 Å². The number of aryl methyl sites for hydroxylation is 1. The molecule has 0 aliphatic heterocycles. The number of hydrogen-bond acceptors (Lipinski definition) is 3. The van der Waals surface area contributed by atoms with E-state index >= 15 is 0 Å². The summed E-state index contributed by atoms with van der Waals surface area (Å²) < 4.78 is 0. The molecule has 4 heteroatoms. The standard InChI is InChI=1S/C17H21N3O/c1-3-20(16-9-5-7-14(18)11-16)12-17(21)19-15-8-4-6-13(2)10-15/h4-11H,3,12,18H2,1-2H3,(H,19,21). The number of amides is 1.